The monoisotopic (exact) mass is 402 g/mol. The molecule has 0 spiro atoms. The summed E-state index contributed by atoms with van der Waals surface area (Å²) >= 11 is 0. The minimum atomic E-state index is -0.778. The van der Waals surface area contributed by atoms with Crippen LogP contribution in [0.1, 0.15) is 38.7 Å². The minimum Gasteiger partial charge on any atom is -0.461 e. The molecule has 2 heterocycles. The van der Waals surface area contributed by atoms with Crippen molar-refractivity contribution in [3.05, 3.63) is 46.3 Å². The summed E-state index contributed by atoms with van der Waals surface area (Å²) in [6.07, 6.45) is 0.0779. The van der Waals surface area contributed by atoms with E-state index in [1.165, 1.54) is 0 Å². The third-order valence-corrected chi connectivity index (χ3v) is 4.98. The summed E-state index contributed by atoms with van der Waals surface area (Å²) in [5, 5.41) is 3.79. The van der Waals surface area contributed by atoms with Gasteiger partial charge in [-0.2, -0.15) is 0 Å². The van der Waals surface area contributed by atoms with Gasteiger partial charge in [-0.05, 0) is 31.4 Å². The number of fused-ring (bicyclic) bond motifs is 1. The Balaban J connectivity index is 1.45. The molecule has 0 saturated carbocycles. The van der Waals surface area contributed by atoms with Gasteiger partial charge in [0.05, 0.1) is 12.1 Å². The summed E-state index contributed by atoms with van der Waals surface area (Å²) in [7, 11) is 0. The molecule has 2 fully saturated rings. The fourth-order valence-corrected chi connectivity index (χ4v) is 3.68. The second-order valence-electron chi connectivity index (χ2n) is 7.71. The molecule has 2 aliphatic rings. The normalized spacial score (nSPS) is 25.0. The van der Waals surface area contributed by atoms with E-state index < -0.39 is 11.8 Å². The van der Waals surface area contributed by atoms with Crippen molar-refractivity contribution in [3.8, 4) is 0 Å². The highest BCUT2D eigenvalue weighted by atomic mass is 16.8. The van der Waals surface area contributed by atoms with Crippen molar-refractivity contribution in [1.82, 2.24) is 4.90 Å². The van der Waals surface area contributed by atoms with Crippen LogP contribution in [-0.4, -0.2) is 53.9 Å². The van der Waals surface area contributed by atoms with Crippen molar-refractivity contribution in [3.63, 3.8) is 0 Å². The molecule has 1 amide bonds. The van der Waals surface area contributed by atoms with E-state index in [0.29, 0.717) is 13.0 Å². The first-order chi connectivity index (χ1) is 13.9. The number of piperidine rings is 1. The van der Waals surface area contributed by atoms with Crippen LogP contribution in [0, 0.1) is 0 Å². The minimum absolute atomic E-state index is 0.106. The average molecular weight is 402 g/mol. The second-order valence-corrected chi connectivity index (χ2v) is 7.71. The van der Waals surface area contributed by atoms with Crippen LogP contribution in [0.5, 0.6) is 0 Å². The number of azide groups is 1. The maximum Gasteiger partial charge on any atom is 0.306 e. The zero-order chi connectivity index (χ0) is 20.9. The molecule has 0 unspecified atom stereocenters. The molecular formula is C20H26N4O5. The summed E-state index contributed by atoms with van der Waals surface area (Å²) in [6.45, 7) is 4.48. The van der Waals surface area contributed by atoms with Crippen LogP contribution in [0.2, 0.25) is 0 Å². The number of nitrogens with zero attached hydrogens (tertiary/aromatic N) is 4. The van der Waals surface area contributed by atoms with E-state index >= 15 is 0 Å². The van der Waals surface area contributed by atoms with Crippen LogP contribution in [0.4, 0.5) is 0 Å². The number of benzene rings is 1. The van der Waals surface area contributed by atoms with Crippen molar-refractivity contribution < 1.29 is 23.8 Å². The Bertz CT molecular complexity index is 778. The SMILES string of the molecule is CC1(C)O[C@@H]2[C@@H](N=[N+]=[N-])CN(C(=O)CCCC(=O)OCc3ccccc3)C[C@@H]2O1. The van der Waals surface area contributed by atoms with Gasteiger partial charge in [0.2, 0.25) is 5.91 Å². The molecule has 156 valence electrons. The van der Waals surface area contributed by atoms with Gasteiger partial charge in [0, 0.05) is 30.8 Å². The van der Waals surface area contributed by atoms with E-state index in [0.717, 1.165) is 5.56 Å². The molecule has 9 heteroatoms. The zero-order valence-electron chi connectivity index (χ0n) is 16.7. The molecule has 2 aliphatic heterocycles. The van der Waals surface area contributed by atoms with Gasteiger partial charge in [-0.1, -0.05) is 35.4 Å². The highest BCUT2D eigenvalue weighted by Crippen LogP contribution is 2.34. The van der Waals surface area contributed by atoms with Gasteiger partial charge in [0.1, 0.15) is 12.7 Å². The number of hydrogen-bond acceptors (Lipinski definition) is 6. The van der Waals surface area contributed by atoms with Crippen LogP contribution < -0.4 is 0 Å². The molecule has 3 rings (SSSR count). The Kier molecular flexibility index (Phi) is 6.74. The largest absolute Gasteiger partial charge is 0.461 e. The van der Waals surface area contributed by atoms with Gasteiger partial charge in [-0.25, -0.2) is 0 Å². The molecule has 0 N–H and O–H groups in total. The van der Waals surface area contributed by atoms with Crippen LogP contribution in [0.3, 0.4) is 0 Å². The first-order valence-corrected chi connectivity index (χ1v) is 9.75. The van der Waals surface area contributed by atoms with Crippen molar-refractivity contribution in [2.75, 3.05) is 13.1 Å². The van der Waals surface area contributed by atoms with Gasteiger partial charge in [0.15, 0.2) is 5.79 Å². The lowest BCUT2D eigenvalue weighted by molar-refractivity contribution is -0.147. The van der Waals surface area contributed by atoms with Gasteiger partial charge < -0.3 is 19.1 Å². The lowest BCUT2D eigenvalue weighted by atomic mass is 9.99. The summed E-state index contributed by atoms with van der Waals surface area (Å²) in [6, 6.07) is 8.94. The third-order valence-electron chi connectivity index (χ3n) is 4.98. The van der Waals surface area contributed by atoms with E-state index in [2.05, 4.69) is 10.0 Å². The summed E-state index contributed by atoms with van der Waals surface area (Å²) in [5.41, 5.74) is 9.76. The lowest BCUT2D eigenvalue weighted by Crippen LogP contribution is -2.54. The molecule has 3 atom stereocenters. The smallest absolute Gasteiger partial charge is 0.306 e. The Morgan fingerprint density at radius 1 is 1.24 bits per heavy atom. The maximum absolute atomic E-state index is 12.6. The first kappa shape index (κ1) is 21.1. The lowest BCUT2D eigenvalue weighted by Gasteiger charge is -2.36. The van der Waals surface area contributed by atoms with Crippen LogP contribution in [0.15, 0.2) is 35.4 Å². The Morgan fingerprint density at radius 2 is 2.00 bits per heavy atom. The highest BCUT2D eigenvalue weighted by Gasteiger charge is 2.49. The number of rotatable bonds is 7. The van der Waals surface area contributed by atoms with Crippen LogP contribution in [0.25, 0.3) is 10.4 Å². The number of amides is 1. The molecule has 0 radical (unpaired) electrons. The standard InChI is InChI=1S/C20H26N4O5/c1-20(2)28-16-12-24(11-15(22-23-21)19(16)29-20)17(25)9-6-10-18(26)27-13-14-7-4-3-5-8-14/h3-5,7-8,15-16,19H,6,9-13H2,1-2H3/t15-,16-,19+/m0/s1. The molecule has 0 aromatic heterocycles. The predicted octanol–water partition coefficient (Wildman–Crippen LogP) is 2.94. The van der Waals surface area contributed by atoms with Crippen molar-refractivity contribution in [2.45, 2.75) is 63.8 Å². The Hall–Kier alpha value is -2.61. The average Bonchev–Trinajstić information content (AvgIpc) is 3.01. The third kappa shape index (κ3) is 5.69. The van der Waals surface area contributed by atoms with Gasteiger partial charge in [0.25, 0.3) is 0 Å². The molecule has 0 bridgehead atoms. The molecule has 2 saturated heterocycles. The number of carbonyl (C=O) groups is 2. The first-order valence-electron chi connectivity index (χ1n) is 9.75. The van der Waals surface area contributed by atoms with Crippen molar-refractivity contribution >= 4 is 11.9 Å². The summed E-state index contributed by atoms with van der Waals surface area (Å²) < 4.78 is 16.9. The quantitative estimate of drug-likeness (QED) is 0.301. The number of carbonyl (C=O) groups excluding carboxylic acids is 2. The van der Waals surface area contributed by atoms with E-state index in [1.807, 2.05) is 30.3 Å². The fourth-order valence-electron chi connectivity index (χ4n) is 3.68. The topological polar surface area (TPSA) is 114 Å². The Morgan fingerprint density at radius 3 is 2.72 bits per heavy atom. The van der Waals surface area contributed by atoms with Crippen molar-refractivity contribution in [2.24, 2.45) is 5.11 Å². The highest BCUT2D eigenvalue weighted by molar-refractivity contribution is 5.77. The predicted molar refractivity (Wildman–Crippen MR) is 103 cm³/mol. The molecule has 29 heavy (non-hydrogen) atoms. The number of likely N-dealkylation sites (tertiary alicyclic amines) is 1. The summed E-state index contributed by atoms with van der Waals surface area (Å²) in [5.74, 6) is -1.22. The number of ether oxygens (including phenoxy) is 3. The van der Waals surface area contributed by atoms with E-state index in [-0.39, 0.29) is 50.1 Å². The second kappa shape index (κ2) is 9.26. The number of esters is 1. The van der Waals surface area contributed by atoms with Crippen molar-refractivity contribution in [1.29, 1.82) is 0 Å². The maximum atomic E-state index is 12.6. The molecule has 1 aromatic carbocycles. The summed E-state index contributed by atoms with van der Waals surface area (Å²) in [4.78, 5) is 29.0. The van der Waals surface area contributed by atoms with Gasteiger partial charge in [-0.15, -0.1) is 0 Å². The van der Waals surface area contributed by atoms with Crippen LogP contribution >= 0.6 is 0 Å². The van der Waals surface area contributed by atoms with E-state index in [1.54, 1.807) is 18.7 Å². The zero-order valence-corrected chi connectivity index (χ0v) is 16.7. The van der Waals surface area contributed by atoms with Gasteiger partial charge in [-0.3, -0.25) is 9.59 Å². The van der Waals surface area contributed by atoms with Gasteiger partial charge >= 0.3 is 5.97 Å². The van der Waals surface area contributed by atoms with E-state index in [4.69, 9.17) is 19.7 Å². The molecule has 1 aromatic rings. The molecular weight excluding hydrogens is 376 g/mol. The van der Waals surface area contributed by atoms with Crippen LogP contribution in [-0.2, 0) is 30.4 Å². The Labute approximate surface area is 169 Å². The molecule has 0 aliphatic carbocycles. The molecule has 9 nitrogen and oxygen atoms in total. The number of hydrogen-bond donors (Lipinski definition) is 0. The van der Waals surface area contributed by atoms with E-state index in [9.17, 15) is 9.59 Å². The fraction of sp³-hybridized carbons (Fsp3) is 0.600.